The smallest absolute Gasteiger partial charge is 0.122 e. The van der Waals surface area contributed by atoms with Crippen molar-refractivity contribution in [3.63, 3.8) is 0 Å². The van der Waals surface area contributed by atoms with E-state index in [9.17, 15) is 5.11 Å². The number of phenols is 1. The van der Waals surface area contributed by atoms with Crippen LogP contribution in [0.25, 0.3) is 0 Å². The molecule has 0 amide bonds. The fourth-order valence-corrected chi connectivity index (χ4v) is 2.22. The van der Waals surface area contributed by atoms with Crippen LogP contribution >= 0.6 is 0 Å². The molecular weight excluding hydrogens is 250 g/mol. The number of aromatic hydroxyl groups is 1. The SMILES string of the molecule is COCc1ccccc1CNCc1cccc(C)c1O. The van der Waals surface area contributed by atoms with Crippen molar-refractivity contribution in [3.05, 3.63) is 64.7 Å². The number of hydrogen-bond donors (Lipinski definition) is 2. The summed E-state index contributed by atoms with van der Waals surface area (Å²) < 4.78 is 5.20. The van der Waals surface area contributed by atoms with Gasteiger partial charge in [-0.25, -0.2) is 0 Å². The summed E-state index contributed by atoms with van der Waals surface area (Å²) in [6.45, 7) is 3.93. The molecule has 2 aromatic carbocycles. The summed E-state index contributed by atoms with van der Waals surface area (Å²) in [5, 5.41) is 13.3. The fourth-order valence-electron chi connectivity index (χ4n) is 2.22. The van der Waals surface area contributed by atoms with E-state index in [4.69, 9.17) is 4.74 Å². The van der Waals surface area contributed by atoms with E-state index in [1.807, 2.05) is 37.3 Å². The van der Waals surface area contributed by atoms with Crippen LogP contribution in [-0.2, 0) is 24.4 Å². The summed E-state index contributed by atoms with van der Waals surface area (Å²) in [7, 11) is 1.70. The van der Waals surface area contributed by atoms with Gasteiger partial charge in [0.1, 0.15) is 5.75 Å². The van der Waals surface area contributed by atoms with E-state index in [0.29, 0.717) is 18.9 Å². The lowest BCUT2D eigenvalue weighted by Crippen LogP contribution is -2.14. The van der Waals surface area contributed by atoms with E-state index < -0.39 is 0 Å². The molecule has 2 rings (SSSR count). The van der Waals surface area contributed by atoms with E-state index in [1.54, 1.807) is 7.11 Å². The number of phenolic OH excluding ortho intramolecular Hbond substituents is 1. The molecule has 3 nitrogen and oxygen atoms in total. The average molecular weight is 271 g/mol. The molecule has 2 aromatic rings. The monoisotopic (exact) mass is 271 g/mol. The molecule has 0 aliphatic carbocycles. The first kappa shape index (κ1) is 14.6. The van der Waals surface area contributed by atoms with Crippen molar-refractivity contribution in [1.29, 1.82) is 0 Å². The topological polar surface area (TPSA) is 41.5 Å². The Hall–Kier alpha value is -1.84. The van der Waals surface area contributed by atoms with Gasteiger partial charge in [-0.15, -0.1) is 0 Å². The predicted molar refractivity (Wildman–Crippen MR) is 80.5 cm³/mol. The maximum Gasteiger partial charge on any atom is 0.122 e. The maximum atomic E-state index is 9.97. The van der Waals surface area contributed by atoms with E-state index in [2.05, 4.69) is 17.4 Å². The van der Waals surface area contributed by atoms with Crippen LogP contribution in [0.4, 0.5) is 0 Å². The first-order valence-electron chi connectivity index (χ1n) is 6.76. The second kappa shape index (κ2) is 7.08. The second-order valence-electron chi connectivity index (χ2n) is 4.89. The van der Waals surface area contributed by atoms with Gasteiger partial charge in [0.2, 0.25) is 0 Å². The molecule has 3 heteroatoms. The Morgan fingerprint density at radius 3 is 2.35 bits per heavy atom. The van der Waals surface area contributed by atoms with Crippen LogP contribution in [0.2, 0.25) is 0 Å². The van der Waals surface area contributed by atoms with Crippen LogP contribution in [-0.4, -0.2) is 12.2 Å². The Labute approximate surface area is 120 Å². The second-order valence-corrected chi connectivity index (χ2v) is 4.89. The highest BCUT2D eigenvalue weighted by molar-refractivity contribution is 5.39. The molecule has 0 aliphatic heterocycles. The number of benzene rings is 2. The van der Waals surface area contributed by atoms with Gasteiger partial charge in [0.25, 0.3) is 0 Å². The highest BCUT2D eigenvalue weighted by Gasteiger charge is 2.04. The van der Waals surface area contributed by atoms with E-state index in [-0.39, 0.29) is 0 Å². The summed E-state index contributed by atoms with van der Waals surface area (Å²) in [6.07, 6.45) is 0. The molecule has 106 valence electrons. The van der Waals surface area contributed by atoms with Crippen molar-refractivity contribution >= 4 is 0 Å². The van der Waals surface area contributed by atoms with Crippen molar-refractivity contribution in [1.82, 2.24) is 5.32 Å². The van der Waals surface area contributed by atoms with E-state index >= 15 is 0 Å². The van der Waals surface area contributed by atoms with Crippen LogP contribution < -0.4 is 5.32 Å². The molecule has 0 atom stereocenters. The van der Waals surface area contributed by atoms with Crippen molar-refractivity contribution in [2.24, 2.45) is 0 Å². The van der Waals surface area contributed by atoms with Gasteiger partial charge in [0, 0.05) is 25.8 Å². The number of nitrogens with one attached hydrogen (secondary N) is 1. The Kier molecular flexibility index (Phi) is 5.16. The van der Waals surface area contributed by atoms with E-state index in [1.165, 1.54) is 11.1 Å². The normalized spacial score (nSPS) is 10.7. The van der Waals surface area contributed by atoms with Crippen LogP contribution in [0.3, 0.4) is 0 Å². The van der Waals surface area contributed by atoms with Crippen LogP contribution in [0.1, 0.15) is 22.3 Å². The van der Waals surface area contributed by atoms with Gasteiger partial charge in [-0.1, -0.05) is 42.5 Å². The Bertz CT molecular complexity index is 567. The molecule has 0 unspecified atom stereocenters. The number of para-hydroxylation sites is 1. The Morgan fingerprint density at radius 1 is 0.950 bits per heavy atom. The van der Waals surface area contributed by atoms with Gasteiger partial charge >= 0.3 is 0 Å². The quantitative estimate of drug-likeness (QED) is 0.848. The van der Waals surface area contributed by atoms with Crippen LogP contribution in [0, 0.1) is 6.92 Å². The third-order valence-electron chi connectivity index (χ3n) is 3.37. The van der Waals surface area contributed by atoms with Crippen molar-refractivity contribution in [2.45, 2.75) is 26.6 Å². The average Bonchev–Trinajstić information content (AvgIpc) is 2.45. The first-order valence-corrected chi connectivity index (χ1v) is 6.76. The summed E-state index contributed by atoms with van der Waals surface area (Å²) >= 11 is 0. The fraction of sp³-hybridized carbons (Fsp3) is 0.294. The minimum atomic E-state index is 0.380. The third-order valence-corrected chi connectivity index (χ3v) is 3.37. The van der Waals surface area contributed by atoms with Crippen LogP contribution in [0.15, 0.2) is 42.5 Å². The molecule has 0 radical (unpaired) electrons. The summed E-state index contributed by atoms with van der Waals surface area (Å²) in [6, 6.07) is 14.0. The highest BCUT2D eigenvalue weighted by atomic mass is 16.5. The van der Waals surface area contributed by atoms with Gasteiger partial charge in [-0.2, -0.15) is 0 Å². The first-order chi connectivity index (χ1) is 9.72. The minimum Gasteiger partial charge on any atom is -0.507 e. The molecule has 0 aromatic heterocycles. The van der Waals surface area contributed by atoms with Gasteiger partial charge in [-0.05, 0) is 23.6 Å². The van der Waals surface area contributed by atoms with Crippen LogP contribution in [0.5, 0.6) is 5.75 Å². The lowest BCUT2D eigenvalue weighted by Gasteiger charge is -2.11. The molecule has 0 saturated carbocycles. The number of methoxy groups -OCH3 is 1. The zero-order chi connectivity index (χ0) is 14.4. The Morgan fingerprint density at radius 2 is 1.60 bits per heavy atom. The number of aryl methyl sites for hydroxylation is 1. The minimum absolute atomic E-state index is 0.380. The molecular formula is C17H21NO2. The molecule has 0 saturated heterocycles. The van der Waals surface area contributed by atoms with Gasteiger partial charge < -0.3 is 15.2 Å². The number of hydrogen-bond acceptors (Lipinski definition) is 3. The van der Waals surface area contributed by atoms with E-state index in [0.717, 1.165) is 17.7 Å². The van der Waals surface area contributed by atoms with Crippen molar-refractivity contribution in [2.75, 3.05) is 7.11 Å². The lowest BCUT2D eigenvalue weighted by atomic mass is 10.1. The van der Waals surface area contributed by atoms with Gasteiger partial charge in [0.05, 0.1) is 6.61 Å². The number of rotatable bonds is 6. The predicted octanol–water partition coefficient (Wildman–Crippen LogP) is 3.14. The molecule has 2 N–H and O–H groups in total. The molecule has 0 spiro atoms. The zero-order valence-electron chi connectivity index (χ0n) is 12.0. The maximum absolute atomic E-state index is 9.97. The molecule has 20 heavy (non-hydrogen) atoms. The van der Waals surface area contributed by atoms with Gasteiger partial charge in [0.15, 0.2) is 0 Å². The molecule has 0 bridgehead atoms. The van der Waals surface area contributed by atoms with Crippen molar-refractivity contribution in [3.8, 4) is 5.75 Å². The van der Waals surface area contributed by atoms with Crippen molar-refractivity contribution < 1.29 is 9.84 Å². The number of ether oxygens (including phenoxy) is 1. The zero-order valence-corrected chi connectivity index (χ0v) is 12.0. The molecule has 0 fully saturated rings. The third kappa shape index (κ3) is 3.59. The Balaban J connectivity index is 1.98. The van der Waals surface area contributed by atoms with Gasteiger partial charge in [-0.3, -0.25) is 0 Å². The standard InChI is InChI=1S/C17H21NO2/c1-13-6-5-9-15(17(13)19)11-18-10-14-7-3-4-8-16(14)12-20-2/h3-9,18-19H,10-12H2,1-2H3. The summed E-state index contributed by atoms with van der Waals surface area (Å²) in [5.41, 5.74) is 4.25. The summed E-state index contributed by atoms with van der Waals surface area (Å²) in [5.74, 6) is 0.380. The molecule has 0 aliphatic rings. The highest BCUT2D eigenvalue weighted by Crippen LogP contribution is 2.21. The largest absolute Gasteiger partial charge is 0.507 e. The molecule has 0 heterocycles. The summed E-state index contributed by atoms with van der Waals surface area (Å²) in [4.78, 5) is 0. The lowest BCUT2D eigenvalue weighted by molar-refractivity contribution is 0.184.